The minimum absolute atomic E-state index is 0.0558. The molecule has 0 aliphatic heterocycles. The van der Waals surface area contributed by atoms with Crippen LogP contribution < -0.4 is 10.1 Å². The number of halogens is 1. The molecule has 0 spiro atoms. The quantitative estimate of drug-likeness (QED) is 0.782. The molecule has 0 unspecified atom stereocenters. The second kappa shape index (κ2) is 7.87. The number of rotatable bonds is 8. The van der Waals surface area contributed by atoms with Gasteiger partial charge in [0.15, 0.2) is 9.84 Å². The number of sulfone groups is 1. The highest BCUT2D eigenvalue weighted by molar-refractivity contribution is 9.10. The number of benzene rings is 1. The number of hydrogen-bond donors (Lipinski definition) is 1. The molecule has 0 aliphatic carbocycles. The summed E-state index contributed by atoms with van der Waals surface area (Å²) in [6.45, 7) is 5.44. The van der Waals surface area contributed by atoms with Crippen molar-refractivity contribution in [1.82, 2.24) is 5.32 Å². The molecule has 108 valence electrons. The van der Waals surface area contributed by atoms with Gasteiger partial charge >= 0.3 is 0 Å². The highest BCUT2D eigenvalue weighted by atomic mass is 79.9. The van der Waals surface area contributed by atoms with Crippen LogP contribution in [0.4, 0.5) is 0 Å². The monoisotopic (exact) mass is 349 g/mol. The molecule has 0 amide bonds. The summed E-state index contributed by atoms with van der Waals surface area (Å²) in [5.74, 6) is 0.941. The standard InChI is InChI=1S/C13H20BrNO3S/c1-3-15-10-11-9-12(14)5-6-13(11)18-7-8-19(16,17)4-2/h5-6,9,15H,3-4,7-8,10H2,1-2H3. The van der Waals surface area contributed by atoms with E-state index in [1.807, 2.05) is 25.1 Å². The number of hydrogen-bond acceptors (Lipinski definition) is 4. The van der Waals surface area contributed by atoms with Gasteiger partial charge in [-0.15, -0.1) is 0 Å². The molecule has 0 saturated heterocycles. The summed E-state index contributed by atoms with van der Waals surface area (Å²) < 4.78 is 29.4. The van der Waals surface area contributed by atoms with Gasteiger partial charge in [0.2, 0.25) is 0 Å². The summed E-state index contributed by atoms with van der Waals surface area (Å²) in [5.41, 5.74) is 1.02. The lowest BCUT2D eigenvalue weighted by Gasteiger charge is -2.12. The molecular formula is C13H20BrNO3S. The molecular weight excluding hydrogens is 330 g/mol. The number of nitrogens with one attached hydrogen (secondary N) is 1. The van der Waals surface area contributed by atoms with Gasteiger partial charge < -0.3 is 10.1 Å². The Balaban J connectivity index is 2.66. The average Bonchev–Trinajstić information content (AvgIpc) is 2.38. The highest BCUT2D eigenvalue weighted by Crippen LogP contribution is 2.23. The molecule has 1 N–H and O–H groups in total. The van der Waals surface area contributed by atoms with Gasteiger partial charge in [0.25, 0.3) is 0 Å². The van der Waals surface area contributed by atoms with Gasteiger partial charge in [0.05, 0.1) is 5.75 Å². The van der Waals surface area contributed by atoms with Crippen molar-refractivity contribution in [3.63, 3.8) is 0 Å². The van der Waals surface area contributed by atoms with Gasteiger partial charge in [-0.05, 0) is 24.7 Å². The Hall–Kier alpha value is -0.590. The smallest absolute Gasteiger partial charge is 0.153 e. The minimum atomic E-state index is -2.98. The van der Waals surface area contributed by atoms with E-state index in [2.05, 4.69) is 21.2 Å². The fourth-order valence-electron chi connectivity index (χ4n) is 1.51. The van der Waals surface area contributed by atoms with E-state index in [1.54, 1.807) is 6.92 Å². The first-order chi connectivity index (χ1) is 8.98. The lowest BCUT2D eigenvalue weighted by Crippen LogP contribution is -2.17. The maximum Gasteiger partial charge on any atom is 0.153 e. The van der Waals surface area contributed by atoms with Gasteiger partial charge in [0, 0.05) is 22.3 Å². The second-order valence-electron chi connectivity index (χ2n) is 4.12. The number of ether oxygens (including phenoxy) is 1. The zero-order valence-corrected chi connectivity index (χ0v) is 13.7. The van der Waals surface area contributed by atoms with E-state index in [0.29, 0.717) is 6.54 Å². The van der Waals surface area contributed by atoms with Crippen molar-refractivity contribution in [3.05, 3.63) is 28.2 Å². The highest BCUT2D eigenvalue weighted by Gasteiger charge is 2.09. The Bertz CT molecular complexity index is 503. The SMILES string of the molecule is CCNCc1cc(Br)ccc1OCCS(=O)(=O)CC. The summed E-state index contributed by atoms with van der Waals surface area (Å²) in [5, 5.41) is 3.23. The Labute approximate surface area is 123 Å². The molecule has 0 fully saturated rings. The van der Waals surface area contributed by atoms with E-state index < -0.39 is 9.84 Å². The summed E-state index contributed by atoms with van der Waals surface area (Å²) in [7, 11) is -2.98. The first-order valence-corrected chi connectivity index (χ1v) is 8.92. The molecule has 0 heterocycles. The second-order valence-corrected chi connectivity index (χ2v) is 7.51. The van der Waals surface area contributed by atoms with Gasteiger partial charge in [0.1, 0.15) is 12.4 Å². The van der Waals surface area contributed by atoms with Gasteiger partial charge in [-0.3, -0.25) is 0 Å². The average molecular weight is 350 g/mol. The lowest BCUT2D eigenvalue weighted by atomic mass is 10.2. The fourth-order valence-corrected chi connectivity index (χ4v) is 2.54. The maximum absolute atomic E-state index is 11.4. The van der Waals surface area contributed by atoms with E-state index in [4.69, 9.17) is 4.74 Å². The van der Waals surface area contributed by atoms with Crippen molar-refractivity contribution in [2.75, 3.05) is 24.7 Å². The van der Waals surface area contributed by atoms with Crippen LogP contribution in [0.25, 0.3) is 0 Å². The largest absolute Gasteiger partial charge is 0.492 e. The Morgan fingerprint density at radius 2 is 2.05 bits per heavy atom. The van der Waals surface area contributed by atoms with Crippen LogP contribution in [0.3, 0.4) is 0 Å². The van der Waals surface area contributed by atoms with Crippen LogP contribution in [0.2, 0.25) is 0 Å². The summed E-state index contributed by atoms with van der Waals surface area (Å²) in [4.78, 5) is 0. The normalized spacial score (nSPS) is 11.5. The predicted octanol–water partition coefficient (Wildman–Crippen LogP) is 2.37. The van der Waals surface area contributed by atoms with Gasteiger partial charge in [-0.25, -0.2) is 8.42 Å². The third kappa shape index (κ3) is 5.93. The minimum Gasteiger partial charge on any atom is -0.492 e. The van der Waals surface area contributed by atoms with Crippen LogP contribution in [-0.4, -0.2) is 33.1 Å². The van der Waals surface area contributed by atoms with Crippen molar-refractivity contribution in [1.29, 1.82) is 0 Å². The van der Waals surface area contributed by atoms with Gasteiger partial charge in [-0.1, -0.05) is 29.8 Å². The van der Waals surface area contributed by atoms with E-state index in [0.717, 1.165) is 22.3 Å². The topological polar surface area (TPSA) is 55.4 Å². The van der Waals surface area contributed by atoms with Crippen LogP contribution in [-0.2, 0) is 16.4 Å². The van der Waals surface area contributed by atoms with E-state index in [-0.39, 0.29) is 18.1 Å². The maximum atomic E-state index is 11.4. The molecule has 1 aromatic carbocycles. The molecule has 0 atom stereocenters. The van der Waals surface area contributed by atoms with E-state index in [9.17, 15) is 8.42 Å². The van der Waals surface area contributed by atoms with Crippen LogP contribution in [0.5, 0.6) is 5.75 Å². The first kappa shape index (κ1) is 16.5. The molecule has 0 aliphatic rings. The molecule has 0 saturated carbocycles. The van der Waals surface area contributed by atoms with Gasteiger partial charge in [-0.2, -0.15) is 0 Å². The molecule has 6 heteroatoms. The zero-order chi connectivity index (χ0) is 14.3. The Morgan fingerprint density at radius 3 is 2.68 bits per heavy atom. The van der Waals surface area contributed by atoms with E-state index in [1.165, 1.54) is 0 Å². The first-order valence-electron chi connectivity index (χ1n) is 6.31. The van der Waals surface area contributed by atoms with Crippen molar-refractivity contribution >= 4 is 25.8 Å². The molecule has 1 aromatic rings. The van der Waals surface area contributed by atoms with Crippen LogP contribution >= 0.6 is 15.9 Å². The Kier molecular flexibility index (Phi) is 6.82. The fraction of sp³-hybridized carbons (Fsp3) is 0.538. The molecule has 4 nitrogen and oxygen atoms in total. The Morgan fingerprint density at radius 1 is 1.32 bits per heavy atom. The van der Waals surface area contributed by atoms with E-state index >= 15 is 0 Å². The summed E-state index contributed by atoms with van der Waals surface area (Å²) in [6, 6.07) is 5.72. The van der Waals surface area contributed by atoms with Crippen molar-refractivity contribution in [2.24, 2.45) is 0 Å². The predicted molar refractivity (Wildman–Crippen MR) is 81.3 cm³/mol. The molecule has 0 bridgehead atoms. The van der Waals surface area contributed by atoms with Crippen molar-refractivity contribution < 1.29 is 13.2 Å². The van der Waals surface area contributed by atoms with Crippen molar-refractivity contribution in [2.45, 2.75) is 20.4 Å². The molecule has 0 radical (unpaired) electrons. The molecule has 0 aromatic heterocycles. The lowest BCUT2D eigenvalue weighted by molar-refractivity contribution is 0.336. The van der Waals surface area contributed by atoms with Crippen molar-refractivity contribution in [3.8, 4) is 5.75 Å². The van der Waals surface area contributed by atoms with Crippen LogP contribution in [0.15, 0.2) is 22.7 Å². The third-order valence-electron chi connectivity index (χ3n) is 2.68. The van der Waals surface area contributed by atoms with Crippen LogP contribution in [0, 0.1) is 0 Å². The third-order valence-corrected chi connectivity index (χ3v) is 4.84. The summed E-state index contributed by atoms with van der Waals surface area (Å²) in [6.07, 6.45) is 0. The van der Waals surface area contributed by atoms with Crippen LogP contribution in [0.1, 0.15) is 19.4 Å². The zero-order valence-electron chi connectivity index (χ0n) is 11.3. The summed E-state index contributed by atoms with van der Waals surface area (Å²) >= 11 is 3.42. The molecule has 19 heavy (non-hydrogen) atoms. The molecule has 1 rings (SSSR count).